The standard InChI is InChI=1S/C11H16ClN3O2/c1-3-11(4-2,7-16)15-10(17)8-5-13-6-9(12)14-8/h5-6,16H,3-4,7H2,1-2H3,(H,15,17). The third-order valence-electron chi connectivity index (χ3n) is 2.87. The van der Waals surface area contributed by atoms with Gasteiger partial charge in [-0.05, 0) is 12.8 Å². The molecule has 0 radical (unpaired) electrons. The van der Waals surface area contributed by atoms with Crippen molar-refractivity contribution in [3.05, 3.63) is 23.2 Å². The lowest BCUT2D eigenvalue weighted by Crippen LogP contribution is -2.50. The van der Waals surface area contributed by atoms with Crippen LogP contribution in [-0.2, 0) is 0 Å². The van der Waals surface area contributed by atoms with Gasteiger partial charge in [-0.2, -0.15) is 0 Å². The van der Waals surface area contributed by atoms with Crippen LogP contribution in [0.3, 0.4) is 0 Å². The first-order valence-corrected chi connectivity index (χ1v) is 5.85. The highest BCUT2D eigenvalue weighted by Gasteiger charge is 2.28. The van der Waals surface area contributed by atoms with Gasteiger partial charge in [0.25, 0.3) is 5.91 Å². The molecule has 1 aromatic rings. The fourth-order valence-electron chi connectivity index (χ4n) is 1.45. The van der Waals surface area contributed by atoms with E-state index in [2.05, 4.69) is 15.3 Å². The van der Waals surface area contributed by atoms with E-state index in [1.54, 1.807) is 0 Å². The van der Waals surface area contributed by atoms with Gasteiger partial charge in [-0.15, -0.1) is 0 Å². The molecule has 1 amide bonds. The van der Waals surface area contributed by atoms with E-state index in [1.807, 2.05) is 13.8 Å². The van der Waals surface area contributed by atoms with Gasteiger partial charge in [0.2, 0.25) is 0 Å². The maximum Gasteiger partial charge on any atom is 0.272 e. The highest BCUT2D eigenvalue weighted by atomic mass is 35.5. The zero-order valence-corrected chi connectivity index (χ0v) is 10.7. The molecule has 0 aliphatic heterocycles. The lowest BCUT2D eigenvalue weighted by atomic mass is 9.94. The Morgan fingerprint density at radius 2 is 2.12 bits per heavy atom. The number of nitrogens with zero attached hydrogens (tertiary/aromatic N) is 2. The maximum atomic E-state index is 11.9. The second kappa shape index (κ2) is 5.93. The van der Waals surface area contributed by atoms with E-state index in [9.17, 15) is 9.90 Å². The molecule has 5 nitrogen and oxygen atoms in total. The number of rotatable bonds is 5. The van der Waals surface area contributed by atoms with Crippen molar-refractivity contribution < 1.29 is 9.90 Å². The molecule has 0 aliphatic rings. The van der Waals surface area contributed by atoms with Crippen LogP contribution >= 0.6 is 11.6 Å². The summed E-state index contributed by atoms with van der Waals surface area (Å²) in [4.78, 5) is 19.6. The maximum absolute atomic E-state index is 11.9. The number of nitrogens with one attached hydrogen (secondary N) is 1. The molecular formula is C11H16ClN3O2. The number of aromatic nitrogens is 2. The molecule has 17 heavy (non-hydrogen) atoms. The fourth-order valence-corrected chi connectivity index (χ4v) is 1.59. The molecular weight excluding hydrogens is 242 g/mol. The van der Waals surface area contributed by atoms with E-state index >= 15 is 0 Å². The van der Waals surface area contributed by atoms with Crippen molar-refractivity contribution in [1.82, 2.24) is 15.3 Å². The number of aliphatic hydroxyl groups excluding tert-OH is 1. The van der Waals surface area contributed by atoms with Gasteiger partial charge in [0.1, 0.15) is 10.8 Å². The first-order chi connectivity index (χ1) is 8.06. The molecule has 0 fully saturated rings. The molecule has 0 saturated heterocycles. The van der Waals surface area contributed by atoms with Gasteiger partial charge in [0.05, 0.1) is 24.5 Å². The topological polar surface area (TPSA) is 75.1 Å². The average Bonchev–Trinajstić information content (AvgIpc) is 2.36. The Balaban J connectivity index is 2.84. The minimum atomic E-state index is -0.610. The van der Waals surface area contributed by atoms with Crippen molar-refractivity contribution >= 4 is 17.5 Å². The Morgan fingerprint density at radius 3 is 2.59 bits per heavy atom. The van der Waals surface area contributed by atoms with Crippen molar-refractivity contribution in [2.24, 2.45) is 0 Å². The minimum Gasteiger partial charge on any atom is -0.394 e. The molecule has 0 aliphatic carbocycles. The Hall–Kier alpha value is -1.20. The highest BCUT2D eigenvalue weighted by molar-refractivity contribution is 6.29. The van der Waals surface area contributed by atoms with Gasteiger partial charge in [0, 0.05) is 0 Å². The zero-order valence-electron chi connectivity index (χ0n) is 9.90. The summed E-state index contributed by atoms with van der Waals surface area (Å²) in [7, 11) is 0. The summed E-state index contributed by atoms with van der Waals surface area (Å²) in [5.41, 5.74) is -0.460. The molecule has 6 heteroatoms. The summed E-state index contributed by atoms with van der Waals surface area (Å²) in [5.74, 6) is -0.377. The Labute approximate surface area is 105 Å². The zero-order chi connectivity index (χ0) is 12.9. The lowest BCUT2D eigenvalue weighted by Gasteiger charge is -2.30. The Morgan fingerprint density at radius 1 is 1.47 bits per heavy atom. The first-order valence-electron chi connectivity index (χ1n) is 5.48. The van der Waals surface area contributed by atoms with Gasteiger partial charge in [0.15, 0.2) is 0 Å². The van der Waals surface area contributed by atoms with Gasteiger partial charge in [-0.1, -0.05) is 25.4 Å². The number of aliphatic hydroxyl groups is 1. The number of hydrogen-bond acceptors (Lipinski definition) is 4. The lowest BCUT2D eigenvalue weighted by molar-refractivity contribution is 0.0812. The summed E-state index contributed by atoms with van der Waals surface area (Å²) < 4.78 is 0. The molecule has 0 bridgehead atoms. The number of carbonyl (C=O) groups excluding carboxylic acids is 1. The number of amides is 1. The normalized spacial score (nSPS) is 11.3. The summed E-state index contributed by atoms with van der Waals surface area (Å²) in [6.45, 7) is 3.70. The number of hydrogen-bond donors (Lipinski definition) is 2. The molecule has 2 N–H and O–H groups in total. The summed E-state index contributed by atoms with van der Waals surface area (Å²) in [6, 6.07) is 0. The molecule has 0 spiro atoms. The van der Waals surface area contributed by atoms with E-state index in [4.69, 9.17) is 11.6 Å². The summed E-state index contributed by atoms with van der Waals surface area (Å²) in [6.07, 6.45) is 3.98. The Kier molecular flexibility index (Phi) is 4.84. The van der Waals surface area contributed by atoms with Gasteiger partial charge >= 0.3 is 0 Å². The van der Waals surface area contributed by atoms with E-state index in [-0.39, 0.29) is 23.4 Å². The average molecular weight is 258 g/mol. The molecule has 0 atom stereocenters. The first kappa shape index (κ1) is 13.9. The third kappa shape index (κ3) is 3.38. The monoisotopic (exact) mass is 257 g/mol. The van der Waals surface area contributed by atoms with Crippen LogP contribution < -0.4 is 5.32 Å². The fraction of sp³-hybridized carbons (Fsp3) is 0.545. The second-order valence-corrected chi connectivity index (χ2v) is 4.21. The van der Waals surface area contributed by atoms with Crippen LogP contribution in [0.1, 0.15) is 37.2 Å². The van der Waals surface area contributed by atoms with Crippen molar-refractivity contribution in [1.29, 1.82) is 0 Å². The molecule has 0 aromatic carbocycles. The summed E-state index contributed by atoms with van der Waals surface area (Å²) >= 11 is 5.66. The van der Waals surface area contributed by atoms with E-state index < -0.39 is 5.54 Å². The van der Waals surface area contributed by atoms with E-state index in [1.165, 1.54) is 12.4 Å². The van der Waals surface area contributed by atoms with Crippen molar-refractivity contribution in [2.75, 3.05) is 6.61 Å². The van der Waals surface area contributed by atoms with Gasteiger partial charge in [-0.25, -0.2) is 4.98 Å². The largest absolute Gasteiger partial charge is 0.394 e. The number of carbonyl (C=O) groups is 1. The van der Waals surface area contributed by atoms with Crippen molar-refractivity contribution in [2.45, 2.75) is 32.2 Å². The molecule has 94 valence electrons. The van der Waals surface area contributed by atoms with Crippen LogP contribution in [0.2, 0.25) is 5.15 Å². The molecule has 1 heterocycles. The quantitative estimate of drug-likeness (QED) is 0.836. The smallest absolute Gasteiger partial charge is 0.272 e. The molecule has 1 rings (SSSR count). The Bertz CT molecular complexity index is 386. The predicted molar refractivity (Wildman–Crippen MR) is 64.9 cm³/mol. The van der Waals surface area contributed by atoms with Gasteiger partial charge < -0.3 is 10.4 Å². The molecule has 1 aromatic heterocycles. The van der Waals surface area contributed by atoms with Crippen LogP contribution in [-0.4, -0.2) is 33.1 Å². The van der Waals surface area contributed by atoms with Crippen LogP contribution in [0.4, 0.5) is 0 Å². The second-order valence-electron chi connectivity index (χ2n) is 3.83. The van der Waals surface area contributed by atoms with Crippen LogP contribution in [0, 0.1) is 0 Å². The predicted octanol–water partition coefficient (Wildman–Crippen LogP) is 1.41. The minimum absolute atomic E-state index is 0.111. The van der Waals surface area contributed by atoms with Crippen LogP contribution in [0.25, 0.3) is 0 Å². The van der Waals surface area contributed by atoms with Crippen LogP contribution in [0.5, 0.6) is 0 Å². The van der Waals surface area contributed by atoms with Gasteiger partial charge in [-0.3, -0.25) is 9.78 Å². The summed E-state index contributed by atoms with van der Waals surface area (Å²) in [5, 5.41) is 12.3. The van der Waals surface area contributed by atoms with Crippen LogP contribution in [0.15, 0.2) is 12.4 Å². The third-order valence-corrected chi connectivity index (χ3v) is 3.05. The van der Waals surface area contributed by atoms with E-state index in [0.717, 1.165) is 0 Å². The number of halogens is 1. The SMILES string of the molecule is CCC(CC)(CO)NC(=O)c1cncc(Cl)n1. The van der Waals surface area contributed by atoms with Crippen molar-refractivity contribution in [3.63, 3.8) is 0 Å². The highest BCUT2D eigenvalue weighted by Crippen LogP contribution is 2.15. The van der Waals surface area contributed by atoms with Crippen molar-refractivity contribution in [3.8, 4) is 0 Å². The molecule has 0 saturated carbocycles. The van der Waals surface area contributed by atoms with E-state index in [0.29, 0.717) is 12.8 Å². The molecule has 0 unspecified atom stereocenters.